The SMILES string of the molecule is CNc1ncnc2c1ccn2C(=O)N(C)CCN(C)C(=O)OCc1ccccc1O[C@@H]1O[C@H](C(=O)O)[C@@H](O)[C@H](O)[C@H]1O. The molecule has 226 valence electrons. The number of ether oxygens (including phenoxy) is 3. The van der Waals surface area contributed by atoms with Gasteiger partial charge in [-0.3, -0.25) is 4.57 Å². The van der Waals surface area contributed by atoms with Gasteiger partial charge in [-0.25, -0.2) is 24.4 Å². The average Bonchev–Trinajstić information content (AvgIpc) is 3.43. The summed E-state index contributed by atoms with van der Waals surface area (Å²) < 4.78 is 17.5. The molecule has 1 saturated heterocycles. The number of hydrogen-bond acceptors (Lipinski definition) is 12. The lowest BCUT2D eigenvalue weighted by atomic mass is 9.99. The Hall–Kier alpha value is -4.51. The number of carboxylic acid groups (broad SMARTS) is 1. The molecule has 0 radical (unpaired) electrons. The quantitative estimate of drug-likeness (QED) is 0.222. The minimum Gasteiger partial charge on any atom is -0.479 e. The zero-order valence-electron chi connectivity index (χ0n) is 23.0. The first-order valence-corrected chi connectivity index (χ1v) is 12.8. The fourth-order valence-electron chi connectivity index (χ4n) is 4.24. The topological polar surface area (TPSA) is 209 Å². The molecule has 5 N–H and O–H groups in total. The molecule has 16 heteroatoms. The van der Waals surface area contributed by atoms with E-state index in [1.54, 1.807) is 44.6 Å². The standard InChI is InChI=1S/C26H32N6O10/c1-27-21-15-8-9-32(22(15)29-13-28-21)25(38)30(2)10-11-31(3)26(39)40-12-14-6-4-5-7-16(14)41-24-19(35)17(33)18(34)20(42-24)23(36)37/h4-9,13,17-20,24,33-35H,10-12H2,1-3H3,(H,36,37)(H,27,28,29)/t17-,18-,19+,20-,24+/m0/s1. The van der Waals surface area contributed by atoms with Gasteiger partial charge in [0.1, 0.15) is 42.8 Å². The van der Waals surface area contributed by atoms with Crippen molar-refractivity contribution < 1.29 is 49.0 Å². The molecule has 1 aromatic carbocycles. The van der Waals surface area contributed by atoms with Crippen LogP contribution in [0.4, 0.5) is 15.4 Å². The van der Waals surface area contributed by atoms with Gasteiger partial charge in [0, 0.05) is 46.0 Å². The molecule has 1 aliphatic rings. The van der Waals surface area contributed by atoms with Crippen molar-refractivity contribution in [3.05, 3.63) is 48.4 Å². The molecule has 0 bridgehead atoms. The summed E-state index contributed by atoms with van der Waals surface area (Å²) >= 11 is 0. The van der Waals surface area contributed by atoms with E-state index < -0.39 is 42.8 Å². The summed E-state index contributed by atoms with van der Waals surface area (Å²) in [6.45, 7) is 0.0744. The van der Waals surface area contributed by atoms with Crippen molar-refractivity contribution in [1.82, 2.24) is 24.3 Å². The van der Waals surface area contributed by atoms with Crippen LogP contribution in [0.5, 0.6) is 5.75 Å². The minimum atomic E-state index is -1.86. The Kier molecular flexibility index (Phi) is 9.41. The van der Waals surface area contributed by atoms with Gasteiger partial charge in [-0.05, 0) is 12.1 Å². The number of para-hydroxylation sites is 1. The lowest BCUT2D eigenvalue weighted by Crippen LogP contribution is -2.61. The molecule has 0 spiro atoms. The first kappa shape index (κ1) is 30.4. The Morgan fingerprint density at radius 3 is 2.45 bits per heavy atom. The van der Waals surface area contributed by atoms with Crippen molar-refractivity contribution in [2.75, 3.05) is 39.5 Å². The number of aliphatic hydroxyl groups excluding tert-OH is 3. The number of aromatic nitrogens is 3. The number of carbonyl (C=O) groups excluding carboxylic acids is 2. The van der Waals surface area contributed by atoms with E-state index in [4.69, 9.17) is 14.2 Å². The molecule has 1 aliphatic heterocycles. The lowest BCUT2D eigenvalue weighted by Gasteiger charge is -2.38. The van der Waals surface area contributed by atoms with Gasteiger partial charge in [0.25, 0.3) is 0 Å². The predicted molar refractivity (Wildman–Crippen MR) is 145 cm³/mol. The third kappa shape index (κ3) is 6.36. The Morgan fingerprint density at radius 2 is 1.74 bits per heavy atom. The van der Waals surface area contributed by atoms with Crippen LogP contribution < -0.4 is 10.1 Å². The normalized spacial score (nSPS) is 21.9. The number of nitrogens with one attached hydrogen (secondary N) is 1. The maximum absolute atomic E-state index is 13.0. The van der Waals surface area contributed by atoms with Gasteiger partial charge < -0.3 is 49.8 Å². The lowest BCUT2D eigenvalue weighted by molar-refractivity contribution is -0.271. The van der Waals surface area contributed by atoms with E-state index in [-0.39, 0.29) is 31.5 Å². The number of carboxylic acids is 1. The molecule has 2 aromatic heterocycles. The molecule has 4 rings (SSSR count). The van der Waals surface area contributed by atoms with Gasteiger partial charge in [-0.15, -0.1) is 0 Å². The van der Waals surface area contributed by atoms with E-state index in [1.807, 2.05) is 0 Å². The van der Waals surface area contributed by atoms with Crippen LogP contribution in [0.25, 0.3) is 11.0 Å². The number of benzene rings is 1. The number of amides is 2. The van der Waals surface area contributed by atoms with Crippen LogP contribution in [0.3, 0.4) is 0 Å². The summed E-state index contributed by atoms with van der Waals surface area (Å²) in [7, 11) is 4.82. The Labute approximate surface area is 239 Å². The van der Waals surface area contributed by atoms with E-state index in [0.29, 0.717) is 22.4 Å². The Bertz CT molecular complexity index is 1430. The number of likely N-dealkylation sites (N-methyl/N-ethyl adjacent to an activating group) is 2. The molecular weight excluding hydrogens is 556 g/mol. The first-order chi connectivity index (χ1) is 20.0. The summed E-state index contributed by atoms with van der Waals surface area (Å²) in [5.74, 6) is -0.857. The monoisotopic (exact) mass is 588 g/mol. The first-order valence-electron chi connectivity index (χ1n) is 12.8. The summed E-state index contributed by atoms with van der Waals surface area (Å²) in [6.07, 6.45) is -6.63. The predicted octanol–water partition coefficient (Wildman–Crippen LogP) is -0.0875. The molecule has 0 aliphatic carbocycles. The van der Waals surface area contributed by atoms with Crippen LogP contribution >= 0.6 is 0 Å². The Morgan fingerprint density at radius 1 is 1.02 bits per heavy atom. The van der Waals surface area contributed by atoms with Crippen LogP contribution in [0, 0.1) is 0 Å². The van der Waals surface area contributed by atoms with Crippen molar-refractivity contribution in [1.29, 1.82) is 0 Å². The summed E-state index contributed by atoms with van der Waals surface area (Å²) in [6, 6.07) is 7.67. The highest BCUT2D eigenvalue weighted by Crippen LogP contribution is 2.27. The number of aliphatic hydroxyl groups is 3. The van der Waals surface area contributed by atoms with Crippen molar-refractivity contribution in [2.45, 2.75) is 37.3 Å². The van der Waals surface area contributed by atoms with Crippen molar-refractivity contribution in [3.63, 3.8) is 0 Å². The van der Waals surface area contributed by atoms with Gasteiger partial charge in [-0.2, -0.15) is 0 Å². The van der Waals surface area contributed by atoms with Crippen LogP contribution in [0.2, 0.25) is 0 Å². The van der Waals surface area contributed by atoms with Crippen LogP contribution in [-0.2, 0) is 20.9 Å². The third-order valence-corrected chi connectivity index (χ3v) is 6.71. The van der Waals surface area contributed by atoms with Gasteiger partial charge in [0.15, 0.2) is 11.8 Å². The molecule has 3 aromatic rings. The van der Waals surface area contributed by atoms with E-state index in [2.05, 4.69) is 15.3 Å². The molecular formula is C26H32N6O10. The highest BCUT2D eigenvalue weighted by Gasteiger charge is 2.48. The zero-order valence-corrected chi connectivity index (χ0v) is 23.0. The molecule has 3 heterocycles. The number of nitrogens with zero attached hydrogens (tertiary/aromatic N) is 5. The van der Waals surface area contributed by atoms with Crippen molar-refractivity contribution in [2.24, 2.45) is 0 Å². The van der Waals surface area contributed by atoms with Crippen molar-refractivity contribution in [3.8, 4) is 5.75 Å². The number of fused-ring (bicyclic) bond motifs is 1. The average molecular weight is 589 g/mol. The van der Waals surface area contributed by atoms with Crippen LogP contribution in [0.15, 0.2) is 42.9 Å². The second kappa shape index (κ2) is 13.0. The fourth-order valence-corrected chi connectivity index (χ4v) is 4.24. The highest BCUT2D eigenvalue weighted by atomic mass is 16.7. The third-order valence-electron chi connectivity index (χ3n) is 6.71. The van der Waals surface area contributed by atoms with Gasteiger partial charge in [-0.1, -0.05) is 18.2 Å². The fraction of sp³-hybridized carbons (Fsp3) is 0.423. The molecule has 16 nitrogen and oxygen atoms in total. The van der Waals surface area contributed by atoms with Gasteiger partial charge >= 0.3 is 18.1 Å². The van der Waals surface area contributed by atoms with Crippen LogP contribution in [0.1, 0.15) is 5.56 Å². The second-order valence-corrected chi connectivity index (χ2v) is 9.54. The number of anilines is 1. The van der Waals surface area contributed by atoms with Crippen LogP contribution in [-0.4, -0.2) is 128 Å². The smallest absolute Gasteiger partial charge is 0.409 e. The number of aliphatic carboxylic acids is 1. The molecule has 1 fully saturated rings. The number of rotatable bonds is 9. The van der Waals surface area contributed by atoms with E-state index in [0.717, 1.165) is 0 Å². The molecule has 5 atom stereocenters. The summed E-state index contributed by atoms with van der Waals surface area (Å²) in [4.78, 5) is 48.1. The van der Waals surface area contributed by atoms with Gasteiger partial charge in [0.2, 0.25) is 6.29 Å². The second-order valence-electron chi connectivity index (χ2n) is 9.54. The van der Waals surface area contributed by atoms with E-state index in [1.165, 1.54) is 33.8 Å². The maximum atomic E-state index is 13.0. The molecule has 42 heavy (non-hydrogen) atoms. The summed E-state index contributed by atoms with van der Waals surface area (Å²) in [5, 5.41) is 43.0. The summed E-state index contributed by atoms with van der Waals surface area (Å²) in [5.41, 5.74) is 0.799. The van der Waals surface area contributed by atoms with Gasteiger partial charge in [0.05, 0.1) is 5.39 Å². The molecule has 0 saturated carbocycles. The van der Waals surface area contributed by atoms with E-state index >= 15 is 0 Å². The molecule has 0 unspecified atom stereocenters. The largest absolute Gasteiger partial charge is 0.479 e. The highest BCUT2D eigenvalue weighted by molar-refractivity contribution is 5.94. The Balaban J connectivity index is 1.32. The molecule has 2 amide bonds. The maximum Gasteiger partial charge on any atom is 0.409 e. The zero-order chi connectivity index (χ0) is 30.6. The van der Waals surface area contributed by atoms with Crippen molar-refractivity contribution >= 4 is 34.9 Å². The number of hydrogen-bond donors (Lipinski definition) is 5. The minimum absolute atomic E-state index is 0.0965. The number of carbonyl (C=O) groups is 3. The van der Waals surface area contributed by atoms with E-state index in [9.17, 15) is 34.8 Å².